The average molecular weight is 236 g/mol. The number of hydrogen-bond acceptors (Lipinski definition) is 4. The van der Waals surface area contributed by atoms with Crippen LogP contribution in [0.2, 0.25) is 0 Å². The summed E-state index contributed by atoms with van der Waals surface area (Å²) in [4.78, 5) is 10.4. The Hall–Kier alpha value is -0.180. The molecule has 5 heteroatoms. The molecule has 0 radical (unpaired) electrons. The van der Waals surface area contributed by atoms with Gasteiger partial charge in [-0.3, -0.25) is 4.57 Å². The molecule has 0 aromatic heterocycles. The molecule has 0 heterocycles. The molecule has 2 unspecified atom stereocenters. The van der Waals surface area contributed by atoms with Crippen molar-refractivity contribution in [3.63, 3.8) is 0 Å². The van der Waals surface area contributed by atoms with Gasteiger partial charge in [-0.15, -0.1) is 0 Å². The topological polar surface area (TPSA) is 52.6 Å². The van der Waals surface area contributed by atoms with E-state index in [1.54, 1.807) is 0 Å². The van der Waals surface area contributed by atoms with E-state index >= 15 is 0 Å². The summed E-state index contributed by atoms with van der Waals surface area (Å²) in [7, 11) is -3.23. The van der Waals surface area contributed by atoms with Gasteiger partial charge in [0.1, 0.15) is 12.4 Å². The highest BCUT2D eigenvalue weighted by molar-refractivity contribution is 7.54. The monoisotopic (exact) mass is 236 g/mol. The van der Waals surface area contributed by atoms with Crippen LogP contribution >= 0.6 is 7.60 Å². The molecule has 0 aromatic carbocycles. The largest absolute Gasteiger partial charge is 0.338 e. The maximum Gasteiger partial charge on any atom is 0.338 e. The Morgan fingerprint density at radius 2 is 1.53 bits per heavy atom. The first kappa shape index (κ1) is 14.8. The fraction of sp³-hybridized carbons (Fsp3) is 0.900. The van der Waals surface area contributed by atoms with Crippen molar-refractivity contribution in [2.24, 2.45) is 0 Å². The minimum Gasteiger partial charge on any atom is -0.305 e. The molecule has 15 heavy (non-hydrogen) atoms. The molecule has 0 rings (SSSR count). The highest BCUT2D eigenvalue weighted by Gasteiger charge is 2.28. The van der Waals surface area contributed by atoms with Crippen molar-refractivity contribution in [1.82, 2.24) is 0 Å². The summed E-state index contributed by atoms with van der Waals surface area (Å²) in [6.45, 7) is 7.49. The molecular formula is C10H21O4P. The Bertz CT molecular complexity index is 213. The Morgan fingerprint density at radius 1 is 1.13 bits per heavy atom. The Balaban J connectivity index is 4.44. The molecule has 0 fully saturated rings. The molecule has 0 saturated heterocycles. The third-order valence-corrected chi connectivity index (χ3v) is 4.09. The van der Waals surface area contributed by atoms with Crippen LogP contribution in [0.5, 0.6) is 0 Å². The molecule has 0 N–H and O–H groups in total. The zero-order chi connectivity index (χ0) is 11.9. The zero-order valence-corrected chi connectivity index (χ0v) is 10.8. The van der Waals surface area contributed by atoms with Crippen molar-refractivity contribution in [3.8, 4) is 0 Å². The van der Waals surface area contributed by atoms with Crippen LogP contribution in [0.1, 0.15) is 40.5 Å². The summed E-state index contributed by atoms with van der Waals surface area (Å²) in [5.41, 5.74) is 0. The third kappa shape index (κ3) is 6.08. The van der Waals surface area contributed by atoms with Gasteiger partial charge in [0.25, 0.3) is 0 Å². The quantitative estimate of drug-likeness (QED) is 0.480. The number of hydrogen-bond donors (Lipinski definition) is 0. The van der Waals surface area contributed by atoms with Gasteiger partial charge in [-0.2, -0.15) is 0 Å². The molecule has 0 aromatic rings. The number of rotatable bonds is 8. The zero-order valence-electron chi connectivity index (χ0n) is 9.93. The van der Waals surface area contributed by atoms with Gasteiger partial charge in [-0.1, -0.05) is 13.8 Å². The molecular weight excluding hydrogens is 215 g/mol. The summed E-state index contributed by atoms with van der Waals surface area (Å²) < 4.78 is 22.7. The van der Waals surface area contributed by atoms with E-state index in [-0.39, 0.29) is 18.4 Å². The lowest BCUT2D eigenvalue weighted by Crippen LogP contribution is -2.13. The molecule has 2 atom stereocenters. The second-order valence-electron chi connectivity index (χ2n) is 3.61. The highest BCUT2D eigenvalue weighted by atomic mass is 31.2. The first-order valence-electron chi connectivity index (χ1n) is 5.36. The number of carbonyl (C=O) groups excluding carboxylic acids is 1. The SMILES string of the molecule is CCC(C)OP(=O)(CC=O)OC(C)CC. The maximum atomic E-state index is 12.1. The first-order chi connectivity index (χ1) is 6.97. The smallest absolute Gasteiger partial charge is 0.305 e. The van der Waals surface area contributed by atoms with Crippen LogP contribution in [0.25, 0.3) is 0 Å². The molecule has 90 valence electrons. The van der Waals surface area contributed by atoms with Crippen molar-refractivity contribution in [1.29, 1.82) is 0 Å². The molecule has 0 amide bonds. The van der Waals surface area contributed by atoms with E-state index in [1.807, 2.05) is 27.7 Å². The van der Waals surface area contributed by atoms with Crippen molar-refractivity contribution in [2.45, 2.75) is 52.7 Å². The van der Waals surface area contributed by atoms with Crippen molar-refractivity contribution >= 4 is 13.9 Å². The van der Waals surface area contributed by atoms with Gasteiger partial charge in [-0.25, -0.2) is 0 Å². The van der Waals surface area contributed by atoms with Crippen LogP contribution in [0.3, 0.4) is 0 Å². The minimum absolute atomic E-state index is 0.153. The van der Waals surface area contributed by atoms with E-state index in [4.69, 9.17) is 9.05 Å². The van der Waals surface area contributed by atoms with Crippen LogP contribution in [-0.4, -0.2) is 24.7 Å². The number of carbonyl (C=O) groups is 1. The lowest BCUT2D eigenvalue weighted by atomic mass is 10.3. The van der Waals surface area contributed by atoms with Crippen LogP contribution < -0.4 is 0 Å². The third-order valence-electron chi connectivity index (χ3n) is 2.13. The van der Waals surface area contributed by atoms with E-state index in [1.165, 1.54) is 0 Å². The van der Waals surface area contributed by atoms with Gasteiger partial charge in [0.15, 0.2) is 0 Å². The lowest BCUT2D eigenvalue weighted by molar-refractivity contribution is -0.106. The normalized spacial score (nSPS) is 19.2. The maximum absolute atomic E-state index is 12.1. The predicted octanol–water partition coefficient (Wildman–Crippen LogP) is 3.01. The van der Waals surface area contributed by atoms with E-state index in [0.717, 1.165) is 12.8 Å². The Labute approximate surface area is 91.9 Å². The summed E-state index contributed by atoms with van der Waals surface area (Å²) in [5.74, 6) is 0. The predicted molar refractivity (Wildman–Crippen MR) is 60.2 cm³/mol. The highest BCUT2D eigenvalue weighted by Crippen LogP contribution is 2.50. The second-order valence-corrected chi connectivity index (χ2v) is 5.62. The van der Waals surface area contributed by atoms with Gasteiger partial charge in [0, 0.05) is 0 Å². The summed E-state index contributed by atoms with van der Waals surface area (Å²) in [6.07, 6.45) is 1.60. The first-order valence-corrected chi connectivity index (χ1v) is 7.09. The van der Waals surface area contributed by atoms with Gasteiger partial charge in [0.2, 0.25) is 0 Å². The van der Waals surface area contributed by atoms with Crippen molar-refractivity contribution in [2.75, 3.05) is 6.16 Å². The standard InChI is InChI=1S/C10H21O4P/c1-5-9(3)13-15(12,8-7-11)14-10(4)6-2/h7,9-10H,5-6,8H2,1-4H3. The minimum atomic E-state index is -3.23. The summed E-state index contributed by atoms with van der Waals surface area (Å²) in [6, 6.07) is 0. The molecule has 4 nitrogen and oxygen atoms in total. The summed E-state index contributed by atoms with van der Waals surface area (Å²) in [5, 5.41) is 0. The molecule has 0 aliphatic heterocycles. The van der Waals surface area contributed by atoms with E-state index in [0.29, 0.717) is 6.29 Å². The van der Waals surface area contributed by atoms with E-state index in [2.05, 4.69) is 0 Å². The molecule has 0 aliphatic rings. The van der Waals surface area contributed by atoms with E-state index in [9.17, 15) is 9.36 Å². The van der Waals surface area contributed by atoms with Crippen LogP contribution in [-0.2, 0) is 18.4 Å². The van der Waals surface area contributed by atoms with Gasteiger partial charge < -0.3 is 13.8 Å². The Morgan fingerprint density at radius 3 is 1.80 bits per heavy atom. The number of aldehydes is 1. The van der Waals surface area contributed by atoms with Crippen molar-refractivity contribution in [3.05, 3.63) is 0 Å². The van der Waals surface area contributed by atoms with Gasteiger partial charge >= 0.3 is 7.60 Å². The fourth-order valence-corrected chi connectivity index (χ4v) is 2.70. The van der Waals surface area contributed by atoms with Crippen LogP contribution in [0.4, 0.5) is 0 Å². The molecule has 0 spiro atoms. The van der Waals surface area contributed by atoms with Gasteiger partial charge in [0.05, 0.1) is 12.2 Å². The molecule has 0 saturated carbocycles. The molecule has 0 aliphatic carbocycles. The lowest BCUT2D eigenvalue weighted by Gasteiger charge is -2.23. The molecule has 0 bridgehead atoms. The van der Waals surface area contributed by atoms with Crippen LogP contribution in [0.15, 0.2) is 0 Å². The fourth-order valence-electron chi connectivity index (χ4n) is 0.900. The average Bonchev–Trinajstić information content (AvgIpc) is 2.17. The Kier molecular flexibility index (Phi) is 7.07. The van der Waals surface area contributed by atoms with Gasteiger partial charge in [-0.05, 0) is 26.7 Å². The summed E-state index contributed by atoms with van der Waals surface area (Å²) >= 11 is 0. The van der Waals surface area contributed by atoms with E-state index < -0.39 is 7.60 Å². The van der Waals surface area contributed by atoms with Crippen molar-refractivity contribution < 1.29 is 18.4 Å². The second kappa shape index (κ2) is 7.15. The van der Waals surface area contributed by atoms with Crippen LogP contribution in [0, 0.1) is 0 Å².